The third-order valence-corrected chi connectivity index (χ3v) is 5.26. The van der Waals surface area contributed by atoms with Gasteiger partial charge in [0.1, 0.15) is 5.82 Å². The Morgan fingerprint density at radius 2 is 1.54 bits per heavy atom. The van der Waals surface area contributed by atoms with Crippen LogP contribution in [0.4, 0.5) is 17.5 Å². The van der Waals surface area contributed by atoms with Crippen LogP contribution < -0.4 is 9.80 Å². The predicted molar refractivity (Wildman–Crippen MR) is 115 cm³/mol. The Labute approximate surface area is 167 Å². The fourth-order valence-corrected chi connectivity index (χ4v) is 3.58. The molecule has 3 aromatic rings. The molecule has 2 aromatic carbocycles. The zero-order valence-electron chi connectivity index (χ0n) is 16.4. The molecule has 0 radical (unpaired) electrons. The molecule has 1 fully saturated rings. The Hall–Kier alpha value is -2.92. The number of piperazine rings is 1. The van der Waals surface area contributed by atoms with Crippen molar-refractivity contribution in [3.63, 3.8) is 0 Å². The predicted octanol–water partition coefficient (Wildman–Crippen LogP) is 3.96. The van der Waals surface area contributed by atoms with Crippen molar-refractivity contribution >= 4 is 17.5 Å². The van der Waals surface area contributed by atoms with Gasteiger partial charge in [-0.25, -0.2) is 4.98 Å². The first kappa shape index (κ1) is 18.4. The van der Waals surface area contributed by atoms with Gasteiger partial charge in [0, 0.05) is 44.6 Å². The largest absolute Gasteiger partial charge is 0.338 e. The van der Waals surface area contributed by atoms with E-state index in [1.165, 1.54) is 5.56 Å². The van der Waals surface area contributed by atoms with Crippen LogP contribution in [0.1, 0.15) is 12.5 Å². The fraction of sp³-hybridized carbons (Fsp3) is 0.304. The highest BCUT2D eigenvalue weighted by Crippen LogP contribution is 2.27. The number of hydrogen-bond donors (Lipinski definition) is 0. The Bertz CT molecular complexity index is 860. The fourth-order valence-electron chi connectivity index (χ4n) is 3.58. The third kappa shape index (κ3) is 4.31. The molecular weight excluding hydrogens is 346 g/mol. The van der Waals surface area contributed by atoms with Crippen molar-refractivity contribution in [3.8, 4) is 0 Å². The summed E-state index contributed by atoms with van der Waals surface area (Å²) in [7, 11) is 0. The highest BCUT2D eigenvalue weighted by molar-refractivity contribution is 5.61. The Morgan fingerprint density at radius 3 is 2.21 bits per heavy atom. The van der Waals surface area contributed by atoms with Crippen molar-refractivity contribution in [1.82, 2.24) is 14.9 Å². The van der Waals surface area contributed by atoms with Crippen molar-refractivity contribution in [1.29, 1.82) is 0 Å². The van der Waals surface area contributed by atoms with Crippen LogP contribution in [0.15, 0.2) is 72.9 Å². The SMILES string of the molecule is CCN1CCN(c2nccc(N(Cc3ccccc3)c3ccccc3)n2)CC1. The topological polar surface area (TPSA) is 35.5 Å². The van der Waals surface area contributed by atoms with E-state index in [-0.39, 0.29) is 0 Å². The number of rotatable bonds is 6. The van der Waals surface area contributed by atoms with E-state index in [1.54, 1.807) is 0 Å². The quantitative estimate of drug-likeness (QED) is 0.654. The van der Waals surface area contributed by atoms with Gasteiger partial charge in [-0.05, 0) is 30.3 Å². The first-order valence-corrected chi connectivity index (χ1v) is 10.0. The van der Waals surface area contributed by atoms with Crippen LogP contribution in [0.3, 0.4) is 0 Å². The monoisotopic (exact) mass is 373 g/mol. The maximum absolute atomic E-state index is 4.94. The van der Waals surface area contributed by atoms with Gasteiger partial charge in [-0.2, -0.15) is 4.98 Å². The molecule has 5 heteroatoms. The zero-order chi connectivity index (χ0) is 19.2. The Balaban J connectivity index is 1.61. The van der Waals surface area contributed by atoms with Gasteiger partial charge >= 0.3 is 0 Å². The van der Waals surface area contributed by atoms with Gasteiger partial charge in [-0.1, -0.05) is 55.5 Å². The normalized spacial score (nSPS) is 14.8. The second-order valence-electron chi connectivity index (χ2n) is 7.04. The summed E-state index contributed by atoms with van der Waals surface area (Å²) >= 11 is 0. The lowest BCUT2D eigenvalue weighted by Crippen LogP contribution is -2.46. The van der Waals surface area contributed by atoms with Crippen LogP contribution >= 0.6 is 0 Å². The molecule has 0 aliphatic carbocycles. The molecule has 1 aliphatic heterocycles. The number of benzene rings is 2. The summed E-state index contributed by atoms with van der Waals surface area (Å²) in [6.07, 6.45) is 1.88. The summed E-state index contributed by atoms with van der Waals surface area (Å²) < 4.78 is 0. The summed E-state index contributed by atoms with van der Waals surface area (Å²) in [5, 5.41) is 0. The molecule has 0 amide bonds. The first-order chi connectivity index (χ1) is 13.8. The van der Waals surface area contributed by atoms with Crippen LogP contribution in [0, 0.1) is 0 Å². The average Bonchev–Trinajstić information content (AvgIpc) is 2.79. The highest BCUT2D eigenvalue weighted by Gasteiger charge is 2.19. The Morgan fingerprint density at radius 1 is 0.857 bits per heavy atom. The lowest BCUT2D eigenvalue weighted by Gasteiger charge is -2.34. The molecule has 0 N–H and O–H groups in total. The van der Waals surface area contributed by atoms with Gasteiger partial charge < -0.3 is 14.7 Å². The summed E-state index contributed by atoms with van der Waals surface area (Å²) in [5.41, 5.74) is 2.38. The number of hydrogen-bond acceptors (Lipinski definition) is 5. The molecule has 0 unspecified atom stereocenters. The van der Waals surface area contributed by atoms with E-state index in [0.29, 0.717) is 0 Å². The minimum absolute atomic E-state index is 0.769. The second kappa shape index (κ2) is 8.85. The van der Waals surface area contributed by atoms with Gasteiger partial charge in [-0.3, -0.25) is 0 Å². The number of aromatic nitrogens is 2. The van der Waals surface area contributed by atoms with Gasteiger partial charge in [0.2, 0.25) is 5.95 Å². The molecule has 2 heterocycles. The van der Waals surface area contributed by atoms with E-state index < -0.39 is 0 Å². The van der Waals surface area contributed by atoms with E-state index >= 15 is 0 Å². The molecule has 28 heavy (non-hydrogen) atoms. The first-order valence-electron chi connectivity index (χ1n) is 10.0. The number of anilines is 3. The molecule has 1 aliphatic rings. The highest BCUT2D eigenvalue weighted by atomic mass is 15.3. The molecule has 144 valence electrons. The van der Waals surface area contributed by atoms with E-state index in [0.717, 1.165) is 56.7 Å². The van der Waals surface area contributed by atoms with Crippen molar-refractivity contribution in [3.05, 3.63) is 78.5 Å². The third-order valence-electron chi connectivity index (χ3n) is 5.26. The van der Waals surface area contributed by atoms with Gasteiger partial charge in [0.05, 0.1) is 0 Å². The van der Waals surface area contributed by atoms with Crippen molar-refractivity contribution in [2.24, 2.45) is 0 Å². The van der Waals surface area contributed by atoms with Crippen molar-refractivity contribution < 1.29 is 0 Å². The summed E-state index contributed by atoms with van der Waals surface area (Å²) in [6, 6.07) is 23.0. The van der Waals surface area contributed by atoms with E-state index in [2.05, 4.69) is 81.2 Å². The van der Waals surface area contributed by atoms with Crippen LogP contribution in [-0.4, -0.2) is 47.6 Å². The van der Waals surface area contributed by atoms with Gasteiger partial charge in [0.25, 0.3) is 0 Å². The molecular formula is C23H27N5. The van der Waals surface area contributed by atoms with E-state index in [9.17, 15) is 0 Å². The standard InChI is InChI=1S/C23H27N5/c1-2-26-15-17-27(18-16-26)23-24-14-13-22(25-23)28(21-11-7-4-8-12-21)19-20-9-5-3-6-10-20/h3-14H,2,15-19H2,1H3. The minimum atomic E-state index is 0.769. The van der Waals surface area contributed by atoms with E-state index in [1.807, 2.05) is 18.3 Å². The van der Waals surface area contributed by atoms with Gasteiger partial charge in [-0.15, -0.1) is 0 Å². The number of para-hydroxylation sites is 1. The molecule has 0 spiro atoms. The van der Waals surface area contributed by atoms with Crippen LogP contribution in [0.2, 0.25) is 0 Å². The average molecular weight is 374 g/mol. The summed E-state index contributed by atoms with van der Waals surface area (Å²) in [4.78, 5) is 16.5. The minimum Gasteiger partial charge on any atom is -0.338 e. The lowest BCUT2D eigenvalue weighted by atomic mass is 10.2. The number of nitrogens with zero attached hydrogens (tertiary/aromatic N) is 5. The van der Waals surface area contributed by atoms with Crippen LogP contribution in [-0.2, 0) is 6.54 Å². The summed E-state index contributed by atoms with van der Waals surface area (Å²) in [6.45, 7) is 8.17. The van der Waals surface area contributed by atoms with Crippen molar-refractivity contribution in [2.45, 2.75) is 13.5 Å². The lowest BCUT2D eigenvalue weighted by molar-refractivity contribution is 0.270. The molecule has 0 bridgehead atoms. The maximum atomic E-state index is 4.94. The molecule has 1 saturated heterocycles. The van der Waals surface area contributed by atoms with Crippen LogP contribution in [0.5, 0.6) is 0 Å². The summed E-state index contributed by atoms with van der Waals surface area (Å²) in [5.74, 6) is 1.75. The Kier molecular flexibility index (Phi) is 5.83. The molecule has 4 rings (SSSR count). The van der Waals surface area contributed by atoms with E-state index in [4.69, 9.17) is 4.98 Å². The smallest absolute Gasteiger partial charge is 0.227 e. The van der Waals surface area contributed by atoms with Crippen molar-refractivity contribution in [2.75, 3.05) is 42.5 Å². The number of likely N-dealkylation sites (N-methyl/N-ethyl adjacent to an activating group) is 1. The molecule has 5 nitrogen and oxygen atoms in total. The van der Waals surface area contributed by atoms with Gasteiger partial charge in [0.15, 0.2) is 0 Å². The van der Waals surface area contributed by atoms with Crippen LogP contribution in [0.25, 0.3) is 0 Å². The molecule has 1 aromatic heterocycles. The zero-order valence-corrected chi connectivity index (χ0v) is 16.4. The molecule has 0 saturated carbocycles. The second-order valence-corrected chi connectivity index (χ2v) is 7.04. The maximum Gasteiger partial charge on any atom is 0.227 e. The molecule has 0 atom stereocenters.